The van der Waals surface area contributed by atoms with Crippen LogP contribution in [0.5, 0.6) is 5.75 Å². The zero-order valence-corrected chi connectivity index (χ0v) is 8.90. The summed E-state index contributed by atoms with van der Waals surface area (Å²) in [4.78, 5) is 0. The maximum atomic E-state index is 9.08. The lowest BCUT2D eigenvalue weighted by Crippen LogP contribution is -1.83. The lowest BCUT2D eigenvalue weighted by Gasteiger charge is -1.99. The molecule has 0 bridgehead atoms. The smallest absolute Gasteiger partial charge is 0.115 e. The summed E-state index contributed by atoms with van der Waals surface area (Å²) < 4.78 is 0. The lowest BCUT2D eigenvalue weighted by molar-refractivity contribution is 0.475. The average Bonchev–Trinajstić information content (AvgIpc) is 2.15. The fourth-order valence-corrected chi connectivity index (χ4v) is 1.23. The van der Waals surface area contributed by atoms with Crippen LogP contribution in [0.1, 0.15) is 32.3 Å². The summed E-state index contributed by atoms with van der Waals surface area (Å²) in [5, 5.41) is 9.08. The number of hydrogen-bond acceptors (Lipinski definition) is 1. The van der Waals surface area contributed by atoms with Gasteiger partial charge in [0.05, 0.1) is 0 Å². The molecular formula is C13H18O. The van der Waals surface area contributed by atoms with Crippen molar-refractivity contribution in [3.05, 3.63) is 35.9 Å². The summed E-state index contributed by atoms with van der Waals surface area (Å²) in [6.07, 6.45) is 6.64. The van der Waals surface area contributed by atoms with Crippen LogP contribution < -0.4 is 0 Å². The van der Waals surface area contributed by atoms with Crippen molar-refractivity contribution in [3.8, 4) is 5.75 Å². The molecule has 0 saturated heterocycles. The first-order valence-corrected chi connectivity index (χ1v) is 5.14. The fraction of sp³-hybridized carbons (Fsp3) is 0.385. The van der Waals surface area contributed by atoms with Crippen molar-refractivity contribution >= 4 is 6.08 Å². The normalized spacial score (nSPS) is 11.4. The topological polar surface area (TPSA) is 20.2 Å². The lowest BCUT2D eigenvalue weighted by atomic mass is 10.1. The first-order valence-electron chi connectivity index (χ1n) is 5.14. The molecule has 0 amide bonds. The standard InChI is InChI=1S/C13H18O/c1-11(2)5-3-4-6-12-7-9-13(14)10-8-12/h4,6-11,14H,3,5H2,1-2H3/b6-4+. The Morgan fingerprint density at radius 2 is 1.86 bits per heavy atom. The van der Waals surface area contributed by atoms with E-state index >= 15 is 0 Å². The quantitative estimate of drug-likeness (QED) is 0.764. The molecule has 0 aromatic heterocycles. The summed E-state index contributed by atoms with van der Waals surface area (Å²) in [5.41, 5.74) is 1.14. The summed E-state index contributed by atoms with van der Waals surface area (Å²) >= 11 is 0. The minimum atomic E-state index is 0.323. The van der Waals surface area contributed by atoms with E-state index in [4.69, 9.17) is 5.11 Å². The number of benzene rings is 1. The number of rotatable bonds is 4. The van der Waals surface area contributed by atoms with Gasteiger partial charge in [-0.05, 0) is 36.5 Å². The van der Waals surface area contributed by atoms with E-state index in [1.54, 1.807) is 12.1 Å². The van der Waals surface area contributed by atoms with Gasteiger partial charge in [-0.1, -0.05) is 38.1 Å². The van der Waals surface area contributed by atoms with Gasteiger partial charge in [-0.2, -0.15) is 0 Å². The van der Waals surface area contributed by atoms with Gasteiger partial charge in [0.2, 0.25) is 0 Å². The van der Waals surface area contributed by atoms with E-state index in [2.05, 4.69) is 26.0 Å². The Morgan fingerprint density at radius 3 is 2.43 bits per heavy atom. The van der Waals surface area contributed by atoms with Crippen LogP contribution >= 0.6 is 0 Å². The first-order chi connectivity index (χ1) is 6.68. The number of phenols is 1. The van der Waals surface area contributed by atoms with Gasteiger partial charge in [0.1, 0.15) is 5.75 Å². The maximum Gasteiger partial charge on any atom is 0.115 e. The second-order valence-electron chi connectivity index (χ2n) is 3.97. The molecule has 1 N–H and O–H groups in total. The van der Waals surface area contributed by atoms with Crippen LogP contribution in [0.3, 0.4) is 0 Å². The minimum Gasteiger partial charge on any atom is -0.508 e. The second kappa shape index (κ2) is 5.48. The van der Waals surface area contributed by atoms with Crippen LogP contribution in [0, 0.1) is 5.92 Å². The van der Waals surface area contributed by atoms with Crippen molar-refractivity contribution in [2.24, 2.45) is 5.92 Å². The predicted octanol–water partition coefficient (Wildman–Crippen LogP) is 3.84. The predicted molar refractivity (Wildman–Crippen MR) is 61.2 cm³/mol. The number of allylic oxidation sites excluding steroid dienone is 1. The highest BCUT2D eigenvalue weighted by molar-refractivity contribution is 5.50. The van der Waals surface area contributed by atoms with Gasteiger partial charge >= 0.3 is 0 Å². The van der Waals surface area contributed by atoms with Crippen LogP contribution in [0.2, 0.25) is 0 Å². The Morgan fingerprint density at radius 1 is 1.21 bits per heavy atom. The molecule has 1 heteroatoms. The van der Waals surface area contributed by atoms with E-state index in [0.29, 0.717) is 5.75 Å². The monoisotopic (exact) mass is 190 g/mol. The molecule has 14 heavy (non-hydrogen) atoms. The largest absolute Gasteiger partial charge is 0.508 e. The van der Waals surface area contributed by atoms with Crippen molar-refractivity contribution in [2.75, 3.05) is 0 Å². The first kappa shape index (κ1) is 10.8. The summed E-state index contributed by atoms with van der Waals surface area (Å²) in [5.74, 6) is 1.09. The van der Waals surface area contributed by atoms with Gasteiger partial charge in [0, 0.05) is 0 Å². The molecule has 1 rings (SSSR count). The number of hydrogen-bond donors (Lipinski definition) is 1. The number of phenolic OH excluding ortho intramolecular Hbond substituents is 1. The average molecular weight is 190 g/mol. The molecular weight excluding hydrogens is 172 g/mol. The van der Waals surface area contributed by atoms with Crippen LogP contribution in [0.15, 0.2) is 30.3 Å². The Labute approximate surface area is 86.1 Å². The van der Waals surface area contributed by atoms with E-state index in [1.165, 1.54) is 6.42 Å². The van der Waals surface area contributed by atoms with Crippen molar-refractivity contribution in [3.63, 3.8) is 0 Å². The molecule has 0 unspecified atom stereocenters. The molecule has 0 aliphatic carbocycles. The Hall–Kier alpha value is -1.24. The van der Waals surface area contributed by atoms with E-state index in [-0.39, 0.29) is 0 Å². The van der Waals surface area contributed by atoms with E-state index < -0.39 is 0 Å². The Bertz CT molecular complexity index is 283. The van der Waals surface area contributed by atoms with E-state index in [1.807, 2.05) is 12.1 Å². The fourth-order valence-electron chi connectivity index (χ4n) is 1.23. The summed E-state index contributed by atoms with van der Waals surface area (Å²) in [7, 11) is 0. The van der Waals surface area contributed by atoms with Crippen LogP contribution in [0.4, 0.5) is 0 Å². The molecule has 1 nitrogen and oxygen atoms in total. The van der Waals surface area contributed by atoms with Crippen LogP contribution in [-0.4, -0.2) is 5.11 Å². The van der Waals surface area contributed by atoms with Crippen molar-refractivity contribution in [1.29, 1.82) is 0 Å². The number of aromatic hydroxyl groups is 1. The van der Waals surface area contributed by atoms with Gasteiger partial charge in [-0.15, -0.1) is 0 Å². The molecule has 0 saturated carbocycles. The maximum absolute atomic E-state index is 9.08. The van der Waals surface area contributed by atoms with Crippen molar-refractivity contribution in [2.45, 2.75) is 26.7 Å². The molecule has 0 fully saturated rings. The summed E-state index contributed by atoms with van der Waals surface area (Å²) in [6, 6.07) is 7.26. The molecule has 0 aliphatic heterocycles. The van der Waals surface area contributed by atoms with Crippen molar-refractivity contribution in [1.82, 2.24) is 0 Å². The summed E-state index contributed by atoms with van der Waals surface area (Å²) in [6.45, 7) is 4.46. The molecule has 0 radical (unpaired) electrons. The van der Waals surface area contributed by atoms with Gasteiger partial charge < -0.3 is 5.11 Å². The highest BCUT2D eigenvalue weighted by Crippen LogP contribution is 2.12. The van der Waals surface area contributed by atoms with E-state index in [0.717, 1.165) is 17.9 Å². The third-order valence-electron chi connectivity index (χ3n) is 2.11. The molecule has 76 valence electrons. The zero-order valence-electron chi connectivity index (χ0n) is 8.90. The zero-order chi connectivity index (χ0) is 10.4. The third kappa shape index (κ3) is 4.13. The minimum absolute atomic E-state index is 0.323. The molecule has 0 aliphatic rings. The SMILES string of the molecule is CC(C)CC/C=C/c1ccc(O)cc1. The molecule has 1 aromatic rings. The Balaban J connectivity index is 2.40. The highest BCUT2D eigenvalue weighted by atomic mass is 16.3. The second-order valence-corrected chi connectivity index (χ2v) is 3.97. The van der Waals surface area contributed by atoms with Gasteiger partial charge in [-0.25, -0.2) is 0 Å². The van der Waals surface area contributed by atoms with Gasteiger partial charge in [0.15, 0.2) is 0 Å². The molecule has 0 atom stereocenters. The van der Waals surface area contributed by atoms with Crippen LogP contribution in [-0.2, 0) is 0 Å². The molecule has 0 heterocycles. The molecule has 0 spiro atoms. The van der Waals surface area contributed by atoms with Crippen molar-refractivity contribution < 1.29 is 5.11 Å². The van der Waals surface area contributed by atoms with Crippen LogP contribution in [0.25, 0.3) is 6.08 Å². The highest BCUT2D eigenvalue weighted by Gasteiger charge is 1.90. The molecule has 1 aromatic carbocycles. The van der Waals surface area contributed by atoms with Gasteiger partial charge in [-0.3, -0.25) is 0 Å². The third-order valence-corrected chi connectivity index (χ3v) is 2.11. The Kier molecular flexibility index (Phi) is 4.24. The van der Waals surface area contributed by atoms with Gasteiger partial charge in [0.25, 0.3) is 0 Å². The van der Waals surface area contributed by atoms with E-state index in [9.17, 15) is 0 Å².